The van der Waals surface area contributed by atoms with Gasteiger partial charge < -0.3 is 5.11 Å². The average molecular weight is 273 g/mol. The van der Waals surface area contributed by atoms with Crippen LogP contribution in [0, 0.1) is 11.7 Å². The van der Waals surface area contributed by atoms with Gasteiger partial charge >= 0.3 is 0 Å². The summed E-state index contributed by atoms with van der Waals surface area (Å²) in [6, 6.07) is 5.03. The Morgan fingerprint density at radius 3 is 2.87 bits per heavy atom. The van der Waals surface area contributed by atoms with Gasteiger partial charge in [0.25, 0.3) is 0 Å². The number of halogens is 2. The van der Waals surface area contributed by atoms with Crippen molar-refractivity contribution in [3.8, 4) is 0 Å². The van der Waals surface area contributed by atoms with Gasteiger partial charge in [0, 0.05) is 4.47 Å². The van der Waals surface area contributed by atoms with Crippen LogP contribution in [-0.4, -0.2) is 11.2 Å². The van der Waals surface area contributed by atoms with Gasteiger partial charge in [0.15, 0.2) is 0 Å². The Kier molecular flexibility index (Phi) is 3.42. The number of hydrogen-bond donors (Lipinski definition) is 1. The maximum absolute atomic E-state index is 13.4. The molecule has 15 heavy (non-hydrogen) atoms. The third-order valence-corrected chi connectivity index (χ3v) is 3.52. The van der Waals surface area contributed by atoms with Gasteiger partial charge in [-0.1, -0.05) is 15.9 Å². The molecule has 0 aromatic heterocycles. The van der Waals surface area contributed by atoms with Crippen molar-refractivity contribution < 1.29 is 9.50 Å². The highest BCUT2D eigenvalue weighted by molar-refractivity contribution is 9.10. The van der Waals surface area contributed by atoms with Crippen LogP contribution < -0.4 is 0 Å². The van der Waals surface area contributed by atoms with E-state index in [1.54, 1.807) is 6.07 Å². The molecular formula is C12H14BrFO. The molecule has 0 heterocycles. The van der Waals surface area contributed by atoms with Crippen molar-refractivity contribution >= 4 is 15.9 Å². The molecule has 3 heteroatoms. The van der Waals surface area contributed by atoms with E-state index in [9.17, 15) is 9.50 Å². The number of aliphatic hydroxyl groups is 1. The van der Waals surface area contributed by atoms with Crippen molar-refractivity contribution in [1.82, 2.24) is 0 Å². The first-order valence-corrected chi connectivity index (χ1v) is 6.06. The molecule has 1 saturated carbocycles. The summed E-state index contributed by atoms with van der Waals surface area (Å²) in [6.07, 6.45) is 3.24. The standard InChI is InChI=1S/C12H14BrFO/c13-10-2-4-12(14)9(7-10)5-8-1-3-11(15)6-8/h2,4,7-8,11,15H,1,3,5-6H2. The molecule has 82 valence electrons. The Bertz CT molecular complexity index is 353. The summed E-state index contributed by atoms with van der Waals surface area (Å²) in [5.74, 6) is 0.295. The fraction of sp³-hybridized carbons (Fsp3) is 0.500. The summed E-state index contributed by atoms with van der Waals surface area (Å²) in [5.41, 5.74) is 0.753. The predicted molar refractivity (Wildman–Crippen MR) is 61.2 cm³/mol. The van der Waals surface area contributed by atoms with Crippen molar-refractivity contribution in [2.45, 2.75) is 31.8 Å². The second-order valence-electron chi connectivity index (χ2n) is 4.27. The topological polar surface area (TPSA) is 20.2 Å². The van der Waals surface area contributed by atoms with E-state index in [2.05, 4.69) is 15.9 Å². The zero-order chi connectivity index (χ0) is 10.8. The van der Waals surface area contributed by atoms with Crippen molar-refractivity contribution in [2.75, 3.05) is 0 Å². The normalized spacial score (nSPS) is 25.8. The second-order valence-corrected chi connectivity index (χ2v) is 5.19. The first-order valence-electron chi connectivity index (χ1n) is 5.27. The van der Waals surface area contributed by atoms with Crippen LogP contribution in [0.3, 0.4) is 0 Å². The Labute approximate surface area is 97.4 Å². The van der Waals surface area contributed by atoms with Crippen molar-refractivity contribution in [3.63, 3.8) is 0 Å². The molecule has 0 aliphatic heterocycles. The minimum atomic E-state index is -0.176. The van der Waals surface area contributed by atoms with Crippen LogP contribution >= 0.6 is 15.9 Å². The van der Waals surface area contributed by atoms with Gasteiger partial charge in [0.1, 0.15) is 5.82 Å². The van der Waals surface area contributed by atoms with Gasteiger partial charge in [-0.25, -0.2) is 4.39 Å². The smallest absolute Gasteiger partial charge is 0.126 e. The molecule has 2 atom stereocenters. The van der Waals surface area contributed by atoms with E-state index in [-0.39, 0.29) is 11.9 Å². The van der Waals surface area contributed by atoms with Gasteiger partial charge in [-0.2, -0.15) is 0 Å². The highest BCUT2D eigenvalue weighted by Gasteiger charge is 2.23. The van der Waals surface area contributed by atoms with Gasteiger partial charge in [-0.15, -0.1) is 0 Å². The van der Waals surface area contributed by atoms with Gasteiger partial charge in [0.2, 0.25) is 0 Å². The molecule has 1 aromatic carbocycles. The Balaban J connectivity index is 2.07. The molecule has 2 rings (SSSR count). The molecule has 1 fully saturated rings. The van der Waals surface area contributed by atoms with Crippen molar-refractivity contribution in [2.24, 2.45) is 5.92 Å². The lowest BCUT2D eigenvalue weighted by atomic mass is 9.97. The number of hydrogen-bond acceptors (Lipinski definition) is 1. The lowest BCUT2D eigenvalue weighted by molar-refractivity contribution is 0.177. The number of benzene rings is 1. The van der Waals surface area contributed by atoms with E-state index in [0.717, 1.165) is 35.7 Å². The highest BCUT2D eigenvalue weighted by Crippen LogP contribution is 2.30. The number of rotatable bonds is 2. The predicted octanol–water partition coefficient (Wildman–Crippen LogP) is 3.29. The van der Waals surface area contributed by atoms with Crippen LogP contribution in [0.25, 0.3) is 0 Å². The Morgan fingerprint density at radius 1 is 1.40 bits per heavy atom. The van der Waals surface area contributed by atoms with Crippen LogP contribution in [-0.2, 0) is 6.42 Å². The molecule has 0 bridgehead atoms. The van der Waals surface area contributed by atoms with Crippen LogP contribution in [0.1, 0.15) is 24.8 Å². The first kappa shape index (κ1) is 11.1. The second kappa shape index (κ2) is 4.62. The Hall–Kier alpha value is -0.410. The molecule has 1 aliphatic rings. The lowest BCUT2D eigenvalue weighted by Gasteiger charge is -2.10. The molecular weight excluding hydrogens is 259 g/mol. The zero-order valence-corrected chi connectivity index (χ0v) is 10.0. The van der Waals surface area contributed by atoms with Gasteiger partial charge in [0.05, 0.1) is 6.10 Å². The van der Waals surface area contributed by atoms with Crippen LogP contribution in [0.4, 0.5) is 4.39 Å². The summed E-state index contributed by atoms with van der Waals surface area (Å²) < 4.78 is 14.4. The minimum Gasteiger partial charge on any atom is -0.393 e. The third kappa shape index (κ3) is 2.79. The Morgan fingerprint density at radius 2 is 2.20 bits per heavy atom. The van der Waals surface area contributed by atoms with Crippen molar-refractivity contribution in [3.05, 3.63) is 34.1 Å². The number of aliphatic hydroxyl groups excluding tert-OH is 1. The maximum atomic E-state index is 13.4. The summed E-state index contributed by atoms with van der Waals surface area (Å²) in [7, 11) is 0. The molecule has 1 aromatic rings. The van der Waals surface area contributed by atoms with E-state index in [1.165, 1.54) is 6.07 Å². The van der Waals surface area contributed by atoms with Crippen LogP contribution in [0.5, 0.6) is 0 Å². The molecule has 0 radical (unpaired) electrons. The zero-order valence-electron chi connectivity index (χ0n) is 8.42. The third-order valence-electron chi connectivity index (χ3n) is 3.03. The summed E-state index contributed by atoms with van der Waals surface area (Å²) >= 11 is 3.34. The minimum absolute atomic E-state index is 0.139. The summed E-state index contributed by atoms with van der Waals surface area (Å²) in [5, 5.41) is 9.40. The van der Waals surface area contributed by atoms with Gasteiger partial charge in [-0.05, 0) is 55.4 Å². The maximum Gasteiger partial charge on any atom is 0.126 e. The molecule has 1 nitrogen and oxygen atoms in total. The van der Waals surface area contributed by atoms with E-state index in [0.29, 0.717) is 5.92 Å². The van der Waals surface area contributed by atoms with E-state index < -0.39 is 0 Å². The van der Waals surface area contributed by atoms with E-state index >= 15 is 0 Å². The lowest BCUT2D eigenvalue weighted by Crippen LogP contribution is -2.04. The van der Waals surface area contributed by atoms with Crippen LogP contribution in [0.15, 0.2) is 22.7 Å². The summed E-state index contributed by atoms with van der Waals surface area (Å²) in [4.78, 5) is 0. The molecule has 0 spiro atoms. The van der Waals surface area contributed by atoms with Crippen LogP contribution in [0.2, 0.25) is 0 Å². The fourth-order valence-corrected chi connectivity index (χ4v) is 2.65. The monoisotopic (exact) mass is 272 g/mol. The fourth-order valence-electron chi connectivity index (χ4n) is 2.24. The quantitative estimate of drug-likeness (QED) is 0.876. The largest absolute Gasteiger partial charge is 0.393 e. The highest BCUT2D eigenvalue weighted by atomic mass is 79.9. The molecule has 0 saturated heterocycles. The van der Waals surface area contributed by atoms with Crippen molar-refractivity contribution in [1.29, 1.82) is 0 Å². The van der Waals surface area contributed by atoms with E-state index in [1.807, 2.05) is 6.07 Å². The average Bonchev–Trinajstić information content (AvgIpc) is 2.58. The van der Waals surface area contributed by atoms with Gasteiger partial charge in [-0.3, -0.25) is 0 Å². The molecule has 0 amide bonds. The van der Waals surface area contributed by atoms with E-state index in [4.69, 9.17) is 0 Å². The summed E-state index contributed by atoms with van der Waals surface area (Å²) in [6.45, 7) is 0. The first-order chi connectivity index (χ1) is 7.15. The molecule has 2 unspecified atom stereocenters. The molecule has 1 N–H and O–H groups in total. The SMILES string of the molecule is OC1CCC(Cc2cc(Br)ccc2F)C1. The molecule has 1 aliphatic carbocycles.